The van der Waals surface area contributed by atoms with Crippen LogP contribution in [0.4, 0.5) is 10.6 Å². The standard InChI is InChI=1S/C15H21N5O2/c1-3-22-15(21)17-12-5-4-7-19(10-12)14-13-9-11(2)18-20(13)8-6-16-14/h6,8-9,12H,3-5,7,10H2,1-2H3,(H,17,21). The number of aromatic nitrogens is 3. The number of fused-ring (bicyclic) bond motifs is 1. The Morgan fingerprint density at radius 3 is 3.23 bits per heavy atom. The van der Waals surface area contributed by atoms with E-state index in [9.17, 15) is 4.79 Å². The second-order valence-electron chi connectivity index (χ2n) is 5.52. The predicted molar refractivity (Wildman–Crippen MR) is 83.1 cm³/mol. The van der Waals surface area contributed by atoms with E-state index in [4.69, 9.17) is 4.74 Å². The van der Waals surface area contributed by atoms with Gasteiger partial charge in [0, 0.05) is 31.5 Å². The molecule has 3 rings (SSSR count). The molecule has 1 saturated heterocycles. The van der Waals surface area contributed by atoms with Crippen LogP contribution in [0.15, 0.2) is 18.5 Å². The van der Waals surface area contributed by atoms with Crippen molar-refractivity contribution >= 4 is 17.4 Å². The minimum absolute atomic E-state index is 0.0823. The Morgan fingerprint density at radius 1 is 1.55 bits per heavy atom. The zero-order valence-electron chi connectivity index (χ0n) is 13.0. The minimum Gasteiger partial charge on any atom is -0.450 e. The molecule has 1 N–H and O–H groups in total. The SMILES string of the molecule is CCOC(=O)NC1CCCN(c2nccn3nc(C)cc23)C1. The Balaban J connectivity index is 1.77. The van der Waals surface area contributed by atoms with Crippen LogP contribution in [0.1, 0.15) is 25.5 Å². The van der Waals surface area contributed by atoms with Crippen LogP contribution >= 0.6 is 0 Å². The first-order valence-corrected chi connectivity index (χ1v) is 7.66. The number of anilines is 1. The summed E-state index contributed by atoms with van der Waals surface area (Å²) in [5, 5.41) is 7.34. The van der Waals surface area contributed by atoms with E-state index in [0.29, 0.717) is 6.61 Å². The summed E-state index contributed by atoms with van der Waals surface area (Å²) < 4.78 is 6.81. The van der Waals surface area contributed by atoms with Gasteiger partial charge in [-0.15, -0.1) is 0 Å². The van der Waals surface area contributed by atoms with Crippen molar-refractivity contribution in [1.29, 1.82) is 0 Å². The van der Waals surface area contributed by atoms with Gasteiger partial charge in [-0.1, -0.05) is 0 Å². The highest BCUT2D eigenvalue weighted by atomic mass is 16.5. The summed E-state index contributed by atoms with van der Waals surface area (Å²) in [4.78, 5) is 18.3. The highest BCUT2D eigenvalue weighted by Gasteiger charge is 2.24. The lowest BCUT2D eigenvalue weighted by Crippen LogP contribution is -2.48. The van der Waals surface area contributed by atoms with Crippen molar-refractivity contribution in [2.45, 2.75) is 32.7 Å². The van der Waals surface area contributed by atoms with Gasteiger partial charge in [0.25, 0.3) is 0 Å². The number of piperidine rings is 1. The molecule has 7 nitrogen and oxygen atoms in total. The number of nitrogens with one attached hydrogen (secondary N) is 1. The van der Waals surface area contributed by atoms with Gasteiger partial charge in [0.2, 0.25) is 0 Å². The Labute approximate surface area is 129 Å². The third-order valence-corrected chi connectivity index (χ3v) is 3.81. The van der Waals surface area contributed by atoms with Crippen LogP contribution in [-0.2, 0) is 4.74 Å². The van der Waals surface area contributed by atoms with E-state index < -0.39 is 0 Å². The molecule has 22 heavy (non-hydrogen) atoms. The largest absolute Gasteiger partial charge is 0.450 e. The van der Waals surface area contributed by atoms with Gasteiger partial charge in [0.15, 0.2) is 5.82 Å². The average molecular weight is 303 g/mol. The van der Waals surface area contributed by atoms with Crippen LogP contribution in [-0.4, -0.2) is 46.4 Å². The number of carbonyl (C=O) groups is 1. The minimum atomic E-state index is -0.347. The zero-order valence-corrected chi connectivity index (χ0v) is 13.0. The quantitative estimate of drug-likeness (QED) is 0.935. The molecule has 0 spiro atoms. The van der Waals surface area contributed by atoms with Crippen LogP contribution in [0.2, 0.25) is 0 Å². The zero-order chi connectivity index (χ0) is 15.5. The van der Waals surface area contributed by atoms with Gasteiger partial charge in [-0.3, -0.25) is 0 Å². The van der Waals surface area contributed by atoms with Gasteiger partial charge in [0.1, 0.15) is 5.52 Å². The summed E-state index contributed by atoms with van der Waals surface area (Å²) in [6.45, 7) is 5.82. The van der Waals surface area contributed by atoms with Crippen molar-refractivity contribution in [1.82, 2.24) is 19.9 Å². The van der Waals surface area contributed by atoms with Gasteiger partial charge in [-0.05, 0) is 32.8 Å². The van der Waals surface area contributed by atoms with Gasteiger partial charge in [0.05, 0.1) is 12.3 Å². The number of amides is 1. The molecular formula is C15H21N5O2. The molecule has 3 heterocycles. The molecular weight excluding hydrogens is 282 g/mol. The molecule has 0 saturated carbocycles. The second kappa shape index (κ2) is 6.21. The van der Waals surface area contributed by atoms with Gasteiger partial charge >= 0.3 is 6.09 Å². The fourth-order valence-corrected chi connectivity index (χ4v) is 2.90. The van der Waals surface area contributed by atoms with Crippen molar-refractivity contribution in [3.05, 3.63) is 24.2 Å². The Morgan fingerprint density at radius 2 is 2.41 bits per heavy atom. The second-order valence-corrected chi connectivity index (χ2v) is 5.52. The monoisotopic (exact) mass is 303 g/mol. The van der Waals surface area contributed by atoms with Crippen LogP contribution < -0.4 is 10.2 Å². The van der Waals surface area contributed by atoms with Crippen molar-refractivity contribution in [2.75, 3.05) is 24.6 Å². The lowest BCUT2D eigenvalue weighted by Gasteiger charge is -2.33. The first-order valence-electron chi connectivity index (χ1n) is 7.66. The third-order valence-electron chi connectivity index (χ3n) is 3.81. The first-order chi connectivity index (χ1) is 10.7. The normalized spacial score (nSPS) is 18.5. The number of alkyl carbamates (subject to hydrolysis) is 1. The molecule has 0 aromatic carbocycles. The number of nitrogens with zero attached hydrogens (tertiary/aromatic N) is 4. The lowest BCUT2D eigenvalue weighted by molar-refractivity contribution is 0.146. The molecule has 2 aromatic heterocycles. The van der Waals surface area contributed by atoms with Crippen LogP contribution in [0.5, 0.6) is 0 Å². The summed E-state index contributed by atoms with van der Waals surface area (Å²) in [6, 6.07) is 2.11. The van der Waals surface area contributed by atoms with Crippen LogP contribution in [0.25, 0.3) is 5.52 Å². The van der Waals surface area contributed by atoms with E-state index in [1.807, 2.05) is 23.7 Å². The number of ether oxygens (including phenoxy) is 1. The lowest BCUT2D eigenvalue weighted by atomic mass is 10.1. The Kier molecular flexibility index (Phi) is 4.13. The number of hydrogen-bond acceptors (Lipinski definition) is 5. The maximum atomic E-state index is 11.6. The molecule has 0 bridgehead atoms. The first kappa shape index (κ1) is 14.6. The molecule has 0 radical (unpaired) electrons. The van der Waals surface area contributed by atoms with Gasteiger partial charge in [-0.2, -0.15) is 5.10 Å². The fourth-order valence-electron chi connectivity index (χ4n) is 2.90. The van der Waals surface area contributed by atoms with Gasteiger partial charge in [-0.25, -0.2) is 14.3 Å². The molecule has 1 aliphatic heterocycles. The molecule has 0 aliphatic carbocycles. The number of carbonyl (C=O) groups excluding carboxylic acids is 1. The summed E-state index contributed by atoms with van der Waals surface area (Å²) in [6.07, 6.45) is 5.23. The average Bonchev–Trinajstić information content (AvgIpc) is 2.87. The van der Waals surface area contributed by atoms with E-state index in [1.165, 1.54) is 0 Å². The number of rotatable bonds is 3. The fraction of sp³-hybridized carbons (Fsp3) is 0.533. The van der Waals surface area contributed by atoms with E-state index in [2.05, 4.69) is 20.3 Å². The Bertz CT molecular complexity index is 669. The topological polar surface area (TPSA) is 71.8 Å². The van der Waals surface area contributed by atoms with Crippen molar-refractivity contribution in [3.8, 4) is 0 Å². The van der Waals surface area contributed by atoms with Crippen LogP contribution in [0, 0.1) is 6.92 Å². The molecule has 1 amide bonds. The van der Waals surface area contributed by atoms with Crippen molar-refractivity contribution in [2.24, 2.45) is 0 Å². The molecule has 118 valence electrons. The van der Waals surface area contributed by atoms with E-state index in [-0.39, 0.29) is 12.1 Å². The summed E-state index contributed by atoms with van der Waals surface area (Å²) >= 11 is 0. The highest BCUT2D eigenvalue weighted by molar-refractivity contribution is 5.70. The van der Waals surface area contributed by atoms with Crippen molar-refractivity contribution < 1.29 is 9.53 Å². The van der Waals surface area contributed by atoms with Gasteiger partial charge < -0.3 is 15.0 Å². The third kappa shape index (κ3) is 2.98. The highest BCUT2D eigenvalue weighted by Crippen LogP contribution is 2.23. The molecule has 1 atom stereocenters. The summed E-state index contributed by atoms with van der Waals surface area (Å²) in [5.74, 6) is 0.915. The number of aryl methyl sites for hydroxylation is 1. The maximum absolute atomic E-state index is 11.6. The van der Waals surface area contributed by atoms with E-state index >= 15 is 0 Å². The van der Waals surface area contributed by atoms with E-state index in [1.54, 1.807) is 13.1 Å². The number of hydrogen-bond donors (Lipinski definition) is 1. The predicted octanol–water partition coefficient (Wildman–Crippen LogP) is 1.75. The molecule has 1 unspecified atom stereocenters. The Hall–Kier alpha value is -2.31. The van der Waals surface area contributed by atoms with Crippen molar-refractivity contribution in [3.63, 3.8) is 0 Å². The smallest absolute Gasteiger partial charge is 0.407 e. The maximum Gasteiger partial charge on any atom is 0.407 e. The molecule has 1 fully saturated rings. The molecule has 1 aliphatic rings. The summed E-state index contributed by atoms with van der Waals surface area (Å²) in [7, 11) is 0. The molecule has 2 aromatic rings. The van der Waals surface area contributed by atoms with Crippen LogP contribution in [0.3, 0.4) is 0 Å². The van der Waals surface area contributed by atoms with E-state index in [0.717, 1.165) is 43.0 Å². The summed E-state index contributed by atoms with van der Waals surface area (Å²) in [5.41, 5.74) is 1.96. The molecule has 7 heteroatoms.